The Morgan fingerprint density at radius 1 is 1.42 bits per heavy atom. The first kappa shape index (κ1) is 15.0. The Kier molecular flexibility index (Phi) is 5.82. The largest absolute Gasteiger partial charge is 0.387 e. The number of piperidine rings is 1. The lowest BCUT2D eigenvalue weighted by Crippen LogP contribution is -2.37. The predicted molar refractivity (Wildman–Crippen MR) is 80.1 cm³/mol. The summed E-state index contributed by atoms with van der Waals surface area (Å²) in [5.74, 6) is 0.685. The van der Waals surface area contributed by atoms with E-state index in [0.717, 1.165) is 36.3 Å². The van der Waals surface area contributed by atoms with Crippen LogP contribution in [0.15, 0.2) is 28.7 Å². The molecule has 1 aromatic carbocycles. The SMILES string of the molecule is COCC1CCN(CC(O)c2cccc(Br)c2)CC1. The molecule has 1 unspecified atom stereocenters. The lowest BCUT2D eigenvalue weighted by atomic mass is 9.97. The van der Waals surface area contributed by atoms with Crippen molar-refractivity contribution in [1.82, 2.24) is 4.90 Å². The van der Waals surface area contributed by atoms with E-state index in [9.17, 15) is 5.11 Å². The molecule has 106 valence electrons. The zero-order chi connectivity index (χ0) is 13.7. The van der Waals surface area contributed by atoms with Crippen molar-refractivity contribution in [2.24, 2.45) is 5.92 Å². The standard InChI is InChI=1S/C15H22BrNO2/c1-19-11-12-5-7-17(8-6-12)10-15(18)13-3-2-4-14(16)9-13/h2-4,9,12,15,18H,5-8,10-11H2,1H3. The number of methoxy groups -OCH3 is 1. The Hall–Kier alpha value is -0.420. The minimum absolute atomic E-state index is 0.406. The summed E-state index contributed by atoms with van der Waals surface area (Å²) in [6, 6.07) is 7.91. The van der Waals surface area contributed by atoms with Crippen LogP contribution < -0.4 is 0 Å². The van der Waals surface area contributed by atoms with Crippen molar-refractivity contribution in [2.75, 3.05) is 33.4 Å². The Morgan fingerprint density at radius 2 is 2.16 bits per heavy atom. The third-order valence-electron chi connectivity index (χ3n) is 3.77. The summed E-state index contributed by atoms with van der Waals surface area (Å²) in [6.45, 7) is 3.69. The zero-order valence-electron chi connectivity index (χ0n) is 11.4. The normalized spacial score (nSPS) is 19.5. The van der Waals surface area contributed by atoms with Crippen LogP contribution in [0.2, 0.25) is 0 Å². The smallest absolute Gasteiger partial charge is 0.0917 e. The van der Waals surface area contributed by atoms with E-state index in [1.54, 1.807) is 7.11 Å². The summed E-state index contributed by atoms with van der Waals surface area (Å²) in [6.07, 6.45) is 1.93. The van der Waals surface area contributed by atoms with Crippen LogP contribution in [0.5, 0.6) is 0 Å². The summed E-state index contributed by atoms with van der Waals surface area (Å²) in [7, 11) is 1.77. The summed E-state index contributed by atoms with van der Waals surface area (Å²) in [5.41, 5.74) is 0.980. The average molecular weight is 328 g/mol. The van der Waals surface area contributed by atoms with Gasteiger partial charge in [-0.15, -0.1) is 0 Å². The molecule has 1 aliphatic rings. The number of benzene rings is 1. The maximum atomic E-state index is 10.3. The highest BCUT2D eigenvalue weighted by Crippen LogP contribution is 2.22. The minimum atomic E-state index is -0.406. The topological polar surface area (TPSA) is 32.7 Å². The van der Waals surface area contributed by atoms with Gasteiger partial charge in [0.25, 0.3) is 0 Å². The van der Waals surface area contributed by atoms with E-state index < -0.39 is 6.10 Å². The van der Waals surface area contributed by atoms with Gasteiger partial charge in [0.1, 0.15) is 0 Å². The third kappa shape index (κ3) is 4.56. The molecule has 4 heteroatoms. The quantitative estimate of drug-likeness (QED) is 0.902. The van der Waals surface area contributed by atoms with E-state index in [0.29, 0.717) is 5.92 Å². The van der Waals surface area contributed by atoms with Crippen molar-refractivity contribution in [2.45, 2.75) is 18.9 Å². The van der Waals surface area contributed by atoms with E-state index in [1.165, 1.54) is 12.8 Å². The number of nitrogens with zero attached hydrogens (tertiary/aromatic N) is 1. The highest BCUT2D eigenvalue weighted by molar-refractivity contribution is 9.10. The first-order valence-electron chi connectivity index (χ1n) is 6.84. The van der Waals surface area contributed by atoms with Gasteiger partial charge in [-0.3, -0.25) is 0 Å². The van der Waals surface area contributed by atoms with E-state index in [-0.39, 0.29) is 0 Å². The molecule has 1 aliphatic heterocycles. The van der Waals surface area contributed by atoms with E-state index in [4.69, 9.17) is 4.74 Å². The van der Waals surface area contributed by atoms with Crippen molar-refractivity contribution in [3.05, 3.63) is 34.3 Å². The van der Waals surface area contributed by atoms with Crippen LogP contribution in [0.3, 0.4) is 0 Å². The fourth-order valence-electron chi connectivity index (χ4n) is 2.64. The molecule has 2 rings (SSSR count). The molecule has 0 aromatic heterocycles. The summed E-state index contributed by atoms with van der Waals surface area (Å²) in [4.78, 5) is 2.34. The number of aliphatic hydroxyl groups is 1. The van der Waals surface area contributed by atoms with Gasteiger partial charge < -0.3 is 14.7 Å². The van der Waals surface area contributed by atoms with Crippen LogP contribution in [0.1, 0.15) is 24.5 Å². The van der Waals surface area contributed by atoms with Crippen LogP contribution in [0, 0.1) is 5.92 Å². The monoisotopic (exact) mass is 327 g/mol. The Labute approximate surface area is 123 Å². The Bertz CT molecular complexity index is 391. The second kappa shape index (κ2) is 7.39. The third-order valence-corrected chi connectivity index (χ3v) is 4.27. The molecular weight excluding hydrogens is 306 g/mol. The molecule has 1 saturated heterocycles. The number of halogens is 1. The van der Waals surface area contributed by atoms with Crippen molar-refractivity contribution in [3.8, 4) is 0 Å². The lowest BCUT2D eigenvalue weighted by molar-refractivity contribution is 0.0656. The lowest BCUT2D eigenvalue weighted by Gasteiger charge is -2.32. The van der Waals surface area contributed by atoms with Crippen LogP contribution in [-0.4, -0.2) is 43.4 Å². The second-order valence-corrected chi connectivity index (χ2v) is 6.19. The van der Waals surface area contributed by atoms with Crippen molar-refractivity contribution in [1.29, 1.82) is 0 Å². The van der Waals surface area contributed by atoms with Gasteiger partial charge in [0.05, 0.1) is 6.10 Å². The molecular formula is C15H22BrNO2. The molecule has 0 amide bonds. The van der Waals surface area contributed by atoms with Crippen LogP contribution >= 0.6 is 15.9 Å². The van der Waals surface area contributed by atoms with Crippen LogP contribution in [-0.2, 0) is 4.74 Å². The highest BCUT2D eigenvalue weighted by Gasteiger charge is 2.21. The molecule has 19 heavy (non-hydrogen) atoms. The fraction of sp³-hybridized carbons (Fsp3) is 0.600. The van der Waals surface area contributed by atoms with Crippen LogP contribution in [0.4, 0.5) is 0 Å². The highest BCUT2D eigenvalue weighted by atomic mass is 79.9. The molecule has 0 bridgehead atoms. The number of hydrogen-bond acceptors (Lipinski definition) is 3. The Balaban J connectivity index is 1.82. The molecule has 0 spiro atoms. The molecule has 1 fully saturated rings. The average Bonchev–Trinajstić information content (AvgIpc) is 2.41. The number of aliphatic hydroxyl groups excluding tert-OH is 1. The fourth-order valence-corrected chi connectivity index (χ4v) is 3.05. The van der Waals surface area contributed by atoms with Gasteiger partial charge in [0.2, 0.25) is 0 Å². The molecule has 1 N–H and O–H groups in total. The summed E-state index contributed by atoms with van der Waals surface area (Å²) < 4.78 is 6.22. The molecule has 1 heterocycles. The van der Waals surface area contributed by atoms with Gasteiger partial charge in [0.15, 0.2) is 0 Å². The summed E-state index contributed by atoms with van der Waals surface area (Å²) in [5, 5.41) is 10.3. The number of hydrogen-bond donors (Lipinski definition) is 1. The zero-order valence-corrected chi connectivity index (χ0v) is 13.0. The Morgan fingerprint density at radius 3 is 2.79 bits per heavy atom. The van der Waals surface area contributed by atoms with E-state index in [1.807, 2.05) is 24.3 Å². The second-order valence-electron chi connectivity index (χ2n) is 5.27. The maximum Gasteiger partial charge on any atom is 0.0917 e. The first-order valence-corrected chi connectivity index (χ1v) is 7.63. The van der Waals surface area contributed by atoms with Gasteiger partial charge in [-0.25, -0.2) is 0 Å². The molecule has 0 aliphatic carbocycles. The van der Waals surface area contributed by atoms with E-state index in [2.05, 4.69) is 20.8 Å². The summed E-state index contributed by atoms with van der Waals surface area (Å²) >= 11 is 3.44. The molecule has 0 saturated carbocycles. The molecule has 1 atom stereocenters. The van der Waals surface area contributed by atoms with Crippen molar-refractivity contribution < 1.29 is 9.84 Å². The molecule has 0 radical (unpaired) electrons. The molecule has 1 aromatic rings. The maximum absolute atomic E-state index is 10.3. The van der Waals surface area contributed by atoms with Gasteiger partial charge >= 0.3 is 0 Å². The van der Waals surface area contributed by atoms with Gasteiger partial charge in [-0.1, -0.05) is 28.1 Å². The number of β-amino-alcohol motifs (C(OH)–C–C–N with tert-alkyl or cyclic N) is 1. The van der Waals surface area contributed by atoms with Crippen molar-refractivity contribution in [3.63, 3.8) is 0 Å². The number of likely N-dealkylation sites (tertiary alicyclic amines) is 1. The van der Waals surface area contributed by atoms with Gasteiger partial charge in [-0.05, 0) is 49.5 Å². The van der Waals surface area contributed by atoms with E-state index >= 15 is 0 Å². The van der Waals surface area contributed by atoms with Gasteiger partial charge in [0, 0.05) is 24.7 Å². The predicted octanol–water partition coefficient (Wildman–Crippen LogP) is 2.84. The minimum Gasteiger partial charge on any atom is -0.387 e. The number of rotatable bonds is 5. The van der Waals surface area contributed by atoms with Crippen molar-refractivity contribution >= 4 is 15.9 Å². The molecule has 3 nitrogen and oxygen atoms in total. The number of ether oxygens (including phenoxy) is 1. The van der Waals surface area contributed by atoms with Gasteiger partial charge in [-0.2, -0.15) is 0 Å². The first-order chi connectivity index (χ1) is 9.19. The van der Waals surface area contributed by atoms with Crippen LogP contribution in [0.25, 0.3) is 0 Å².